The minimum atomic E-state index is -0.187. The molecule has 0 aromatic carbocycles. The molecular weight excluding hydrogens is 282 g/mol. The fraction of sp³-hybridized carbons (Fsp3) is 0.688. The van der Waals surface area contributed by atoms with Crippen molar-refractivity contribution in [2.75, 3.05) is 39.3 Å². The maximum absolute atomic E-state index is 12.8. The minimum absolute atomic E-state index is 0.187. The zero-order valence-electron chi connectivity index (χ0n) is 12.8. The molecule has 0 spiro atoms. The summed E-state index contributed by atoms with van der Waals surface area (Å²) in [4.78, 5) is 17.3. The Morgan fingerprint density at radius 2 is 2.19 bits per heavy atom. The van der Waals surface area contributed by atoms with Gasteiger partial charge in [-0.05, 0) is 48.7 Å². The summed E-state index contributed by atoms with van der Waals surface area (Å²) in [5.41, 5.74) is 1.21. The monoisotopic (exact) mass is 307 g/mol. The first-order valence-electron chi connectivity index (χ1n) is 7.91. The summed E-state index contributed by atoms with van der Waals surface area (Å²) in [5, 5.41) is 7.72. The number of amides is 1. The lowest BCUT2D eigenvalue weighted by Crippen LogP contribution is -2.55. The van der Waals surface area contributed by atoms with Crippen molar-refractivity contribution >= 4 is 17.2 Å². The average Bonchev–Trinajstić information content (AvgIpc) is 3.01. The van der Waals surface area contributed by atoms with E-state index in [4.69, 9.17) is 0 Å². The number of piperidine rings is 1. The summed E-state index contributed by atoms with van der Waals surface area (Å²) in [7, 11) is 0. The predicted molar refractivity (Wildman–Crippen MR) is 86.4 cm³/mol. The second-order valence-corrected chi connectivity index (χ2v) is 7.32. The molecule has 1 atom stereocenters. The van der Waals surface area contributed by atoms with Gasteiger partial charge in [0.25, 0.3) is 0 Å². The van der Waals surface area contributed by atoms with Crippen LogP contribution in [0.2, 0.25) is 0 Å². The largest absolute Gasteiger partial charge is 0.340 e. The Balaban J connectivity index is 1.52. The maximum Gasteiger partial charge on any atom is 0.229 e. The summed E-state index contributed by atoms with van der Waals surface area (Å²) < 4.78 is 0. The summed E-state index contributed by atoms with van der Waals surface area (Å²) in [5.74, 6) is 0.352. The van der Waals surface area contributed by atoms with E-state index in [1.165, 1.54) is 5.56 Å². The van der Waals surface area contributed by atoms with Gasteiger partial charge in [0.2, 0.25) is 5.91 Å². The van der Waals surface area contributed by atoms with Crippen molar-refractivity contribution in [3.63, 3.8) is 0 Å². The van der Waals surface area contributed by atoms with Crippen LogP contribution in [0.1, 0.15) is 25.3 Å². The second-order valence-electron chi connectivity index (χ2n) is 6.54. The Bertz CT molecular complexity index is 460. The summed E-state index contributed by atoms with van der Waals surface area (Å²) in [6.45, 7) is 8.76. The van der Waals surface area contributed by atoms with E-state index < -0.39 is 0 Å². The number of piperazine rings is 1. The van der Waals surface area contributed by atoms with Crippen LogP contribution in [0.4, 0.5) is 0 Å². The Hall–Kier alpha value is -0.910. The second kappa shape index (κ2) is 6.46. The van der Waals surface area contributed by atoms with Crippen molar-refractivity contribution in [2.24, 2.45) is 5.41 Å². The number of carbonyl (C=O) groups is 1. The average molecular weight is 307 g/mol. The Morgan fingerprint density at radius 1 is 1.38 bits per heavy atom. The van der Waals surface area contributed by atoms with Gasteiger partial charge < -0.3 is 10.2 Å². The third-order valence-electron chi connectivity index (χ3n) is 4.76. The summed E-state index contributed by atoms with van der Waals surface area (Å²) in [6, 6.07) is 2.19. The zero-order chi connectivity index (χ0) is 14.7. The minimum Gasteiger partial charge on any atom is -0.340 e. The molecule has 0 saturated carbocycles. The van der Waals surface area contributed by atoms with Crippen molar-refractivity contribution in [1.29, 1.82) is 0 Å². The molecule has 2 aliphatic heterocycles. The zero-order valence-corrected chi connectivity index (χ0v) is 13.6. The molecule has 2 aliphatic rings. The van der Waals surface area contributed by atoms with Crippen molar-refractivity contribution in [1.82, 2.24) is 15.1 Å². The first-order valence-corrected chi connectivity index (χ1v) is 8.85. The summed E-state index contributed by atoms with van der Waals surface area (Å²) in [6.07, 6.45) is 2.13. The smallest absolute Gasteiger partial charge is 0.229 e. The quantitative estimate of drug-likeness (QED) is 0.925. The Labute approximate surface area is 131 Å². The molecule has 1 aromatic rings. The topological polar surface area (TPSA) is 35.6 Å². The van der Waals surface area contributed by atoms with Gasteiger partial charge in [-0.25, -0.2) is 0 Å². The van der Waals surface area contributed by atoms with Crippen LogP contribution in [-0.4, -0.2) is 55.0 Å². The van der Waals surface area contributed by atoms with Gasteiger partial charge in [-0.15, -0.1) is 0 Å². The van der Waals surface area contributed by atoms with E-state index in [9.17, 15) is 4.79 Å². The molecular formula is C16H25N3OS. The molecule has 3 rings (SSSR count). The van der Waals surface area contributed by atoms with Crippen LogP contribution >= 0.6 is 11.3 Å². The van der Waals surface area contributed by atoms with Crippen molar-refractivity contribution in [3.05, 3.63) is 22.4 Å². The molecule has 5 heteroatoms. The highest BCUT2D eigenvalue weighted by atomic mass is 32.1. The first-order chi connectivity index (χ1) is 10.2. The van der Waals surface area contributed by atoms with Crippen LogP contribution < -0.4 is 5.32 Å². The number of hydrogen-bond acceptors (Lipinski definition) is 4. The van der Waals surface area contributed by atoms with Gasteiger partial charge in [-0.3, -0.25) is 9.69 Å². The predicted octanol–water partition coefficient (Wildman–Crippen LogP) is 1.78. The molecule has 0 radical (unpaired) electrons. The van der Waals surface area contributed by atoms with E-state index in [1.54, 1.807) is 11.3 Å². The molecule has 1 amide bonds. The van der Waals surface area contributed by atoms with Crippen molar-refractivity contribution < 1.29 is 4.79 Å². The SMILES string of the molecule is CC1(C(=O)N2CCN(Cc3ccsc3)CC2)CCCNC1. The van der Waals surface area contributed by atoms with Gasteiger partial charge in [0.1, 0.15) is 0 Å². The van der Waals surface area contributed by atoms with Gasteiger partial charge in [-0.1, -0.05) is 0 Å². The van der Waals surface area contributed by atoms with Crippen LogP contribution in [0, 0.1) is 5.41 Å². The van der Waals surface area contributed by atoms with Gasteiger partial charge in [0.15, 0.2) is 0 Å². The molecule has 0 aliphatic carbocycles. The fourth-order valence-electron chi connectivity index (χ4n) is 3.37. The number of carbonyl (C=O) groups excluding carboxylic acids is 1. The lowest BCUT2D eigenvalue weighted by molar-refractivity contribution is -0.144. The maximum atomic E-state index is 12.8. The Morgan fingerprint density at radius 3 is 2.81 bits per heavy atom. The number of rotatable bonds is 3. The lowest BCUT2D eigenvalue weighted by Gasteiger charge is -2.41. The molecule has 2 saturated heterocycles. The van der Waals surface area contributed by atoms with E-state index >= 15 is 0 Å². The third-order valence-corrected chi connectivity index (χ3v) is 5.49. The van der Waals surface area contributed by atoms with Gasteiger partial charge >= 0.3 is 0 Å². The molecule has 3 heterocycles. The van der Waals surface area contributed by atoms with E-state index in [2.05, 4.69) is 38.9 Å². The third kappa shape index (κ3) is 3.47. The highest BCUT2D eigenvalue weighted by molar-refractivity contribution is 7.07. The highest BCUT2D eigenvalue weighted by Gasteiger charge is 2.38. The van der Waals surface area contributed by atoms with E-state index in [0.29, 0.717) is 5.91 Å². The fourth-order valence-corrected chi connectivity index (χ4v) is 4.03. The van der Waals surface area contributed by atoms with E-state index in [1.807, 2.05) is 0 Å². The Kier molecular flexibility index (Phi) is 4.62. The van der Waals surface area contributed by atoms with Crippen molar-refractivity contribution in [3.8, 4) is 0 Å². The molecule has 2 fully saturated rings. The normalized spacial score (nSPS) is 27.8. The molecule has 4 nitrogen and oxygen atoms in total. The van der Waals surface area contributed by atoms with Gasteiger partial charge in [-0.2, -0.15) is 11.3 Å². The van der Waals surface area contributed by atoms with Crippen LogP contribution in [-0.2, 0) is 11.3 Å². The number of hydrogen-bond donors (Lipinski definition) is 1. The van der Waals surface area contributed by atoms with E-state index in [0.717, 1.165) is 58.7 Å². The van der Waals surface area contributed by atoms with Gasteiger partial charge in [0.05, 0.1) is 5.41 Å². The molecule has 116 valence electrons. The molecule has 1 aromatic heterocycles. The number of nitrogens with zero attached hydrogens (tertiary/aromatic N) is 2. The molecule has 0 bridgehead atoms. The van der Waals surface area contributed by atoms with E-state index in [-0.39, 0.29) is 5.41 Å². The number of nitrogens with one attached hydrogen (secondary N) is 1. The van der Waals surface area contributed by atoms with Gasteiger partial charge in [0, 0.05) is 39.3 Å². The standard InChI is InChI=1S/C16H25N3OS/c1-16(4-2-5-17-13-16)15(20)19-8-6-18(7-9-19)11-14-3-10-21-12-14/h3,10,12,17H,2,4-9,11,13H2,1H3. The van der Waals surface area contributed by atoms with Crippen LogP contribution in [0.15, 0.2) is 16.8 Å². The lowest BCUT2D eigenvalue weighted by atomic mass is 9.81. The molecule has 1 N–H and O–H groups in total. The van der Waals surface area contributed by atoms with Crippen LogP contribution in [0.3, 0.4) is 0 Å². The molecule has 1 unspecified atom stereocenters. The van der Waals surface area contributed by atoms with Crippen LogP contribution in [0.25, 0.3) is 0 Å². The number of thiophene rings is 1. The molecule has 21 heavy (non-hydrogen) atoms. The van der Waals surface area contributed by atoms with Crippen molar-refractivity contribution in [2.45, 2.75) is 26.3 Å². The first kappa shape index (κ1) is 15.0. The highest BCUT2D eigenvalue weighted by Crippen LogP contribution is 2.28. The summed E-state index contributed by atoms with van der Waals surface area (Å²) >= 11 is 1.75. The van der Waals surface area contributed by atoms with Crippen LogP contribution in [0.5, 0.6) is 0 Å².